The monoisotopic (exact) mass is 496 g/mol. The first-order valence-electron chi connectivity index (χ1n) is 9.98. The van der Waals surface area contributed by atoms with Crippen LogP contribution in [-0.4, -0.2) is 68.0 Å². The van der Waals surface area contributed by atoms with Gasteiger partial charge >= 0.3 is 6.09 Å². The second kappa shape index (κ2) is 11.9. The van der Waals surface area contributed by atoms with E-state index in [4.69, 9.17) is 14.5 Å². The number of hydrogen-bond acceptors (Lipinski definition) is 4. The summed E-state index contributed by atoms with van der Waals surface area (Å²) in [7, 11) is 0. The molecule has 0 aromatic rings. The van der Waals surface area contributed by atoms with Crippen molar-refractivity contribution in [3.05, 3.63) is 0 Å². The van der Waals surface area contributed by atoms with Crippen LogP contribution < -0.4 is 10.6 Å². The first kappa shape index (κ1) is 24.3. The average molecular weight is 496 g/mol. The Kier molecular flexibility index (Phi) is 10.7. The number of alkyl carbamates (subject to hydrolysis) is 1. The molecule has 2 rings (SSSR count). The number of halogens is 1. The summed E-state index contributed by atoms with van der Waals surface area (Å²) in [5.74, 6) is 1.73. The molecule has 1 saturated carbocycles. The first-order valence-corrected chi connectivity index (χ1v) is 9.98. The first-order chi connectivity index (χ1) is 12.4. The fraction of sp³-hybridized carbons (Fsp3) is 0.895. The van der Waals surface area contributed by atoms with E-state index in [2.05, 4.69) is 22.5 Å². The summed E-state index contributed by atoms with van der Waals surface area (Å²) in [6, 6.07) is 0.0931. The van der Waals surface area contributed by atoms with Crippen LogP contribution in [0.3, 0.4) is 0 Å². The Hall–Kier alpha value is -0.770. The van der Waals surface area contributed by atoms with E-state index in [0.29, 0.717) is 0 Å². The van der Waals surface area contributed by atoms with Crippen molar-refractivity contribution in [3.8, 4) is 0 Å². The van der Waals surface area contributed by atoms with Crippen LogP contribution in [0.1, 0.15) is 53.4 Å². The average Bonchev–Trinajstić information content (AvgIpc) is 3.25. The van der Waals surface area contributed by atoms with Crippen molar-refractivity contribution in [2.45, 2.75) is 65.0 Å². The summed E-state index contributed by atoms with van der Waals surface area (Å²) >= 11 is 0. The van der Waals surface area contributed by atoms with E-state index >= 15 is 0 Å². The van der Waals surface area contributed by atoms with Crippen molar-refractivity contribution in [1.82, 2.24) is 15.5 Å². The fourth-order valence-electron chi connectivity index (χ4n) is 2.86. The molecule has 0 aromatic carbocycles. The van der Waals surface area contributed by atoms with Gasteiger partial charge in [0.25, 0.3) is 0 Å². The smallest absolute Gasteiger partial charge is 0.407 e. The van der Waals surface area contributed by atoms with E-state index < -0.39 is 5.60 Å². The molecular weight excluding hydrogens is 459 g/mol. The number of hydrogen-bond donors (Lipinski definition) is 2. The summed E-state index contributed by atoms with van der Waals surface area (Å²) in [5, 5.41) is 6.30. The molecule has 1 aliphatic heterocycles. The summed E-state index contributed by atoms with van der Waals surface area (Å²) in [6.45, 7) is 12.6. The maximum atomic E-state index is 11.9. The molecule has 1 saturated heterocycles. The predicted octanol–water partition coefficient (Wildman–Crippen LogP) is 2.99. The van der Waals surface area contributed by atoms with Crippen molar-refractivity contribution in [2.24, 2.45) is 10.9 Å². The van der Waals surface area contributed by atoms with E-state index in [1.165, 1.54) is 12.8 Å². The molecule has 0 bridgehead atoms. The van der Waals surface area contributed by atoms with Gasteiger partial charge < -0.3 is 25.0 Å². The minimum Gasteiger partial charge on any atom is -0.444 e. The molecule has 7 nitrogen and oxygen atoms in total. The topological polar surface area (TPSA) is 75.2 Å². The van der Waals surface area contributed by atoms with Gasteiger partial charge in [-0.3, -0.25) is 4.99 Å². The number of guanidine groups is 1. The van der Waals surface area contributed by atoms with Crippen LogP contribution in [0, 0.1) is 5.92 Å². The maximum Gasteiger partial charge on any atom is 0.407 e. The summed E-state index contributed by atoms with van der Waals surface area (Å²) in [4.78, 5) is 18.8. The normalized spacial score (nSPS) is 20.2. The molecule has 1 heterocycles. The number of aliphatic imine (C=N–C) groups is 1. The number of ether oxygens (including phenoxy) is 2. The van der Waals surface area contributed by atoms with Crippen molar-refractivity contribution in [3.63, 3.8) is 0 Å². The van der Waals surface area contributed by atoms with Gasteiger partial charge in [-0.1, -0.05) is 0 Å². The molecule has 158 valence electrons. The molecule has 1 amide bonds. The number of nitrogens with one attached hydrogen (secondary N) is 2. The largest absolute Gasteiger partial charge is 0.444 e. The van der Waals surface area contributed by atoms with Gasteiger partial charge in [-0.15, -0.1) is 24.0 Å². The number of carbonyl (C=O) groups excluding carboxylic acids is 1. The van der Waals surface area contributed by atoms with Crippen molar-refractivity contribution < 1.29 is 14.3 Å². The number of rotatable bonds is 8. The molecule has 2 aliphatic rings. The second-order valence-corrected chi connectivity index (χ2v) is 8.19. The number of carbonyl (C=O) groups is 1. The molecule has 1 unspecified atom stereocenters. The number of amides is 1. The van der Waals surface area contributed by atoms with Crippen molar-refractivity contribution in [1.29, 1.82) is 0 Å². The van der Waals surface area contributed by atoms with Gasteiger partial charge in [0.05, 0.1) is 6.04 Å². The number of nitrogens with zero attached hydrogens (tertiary/aromatic N) is 2. The molecule has 0 radical (unpaired) electrons. The van der Waals surface area contributed by atoms with Gasteiger partial charge in [0, 0.05) is 39.4 Å². The lowest BCUT2D eigenvalue weighted by atomic mass is 10.2. The SMILES string of the molecule is CCNC(=NCCCOCC1CC1)N1CCC(NC(=O)OC(C)(C)C)C1.I. The van der Waals surface area contributed by atoms with E-state index in [1.54, 1.807) is 0 Å². The zero-order chi connectivity index (χ0) is 19.0. The second-order valence-electron chi connectivity index (χ2n) is 8.19. The fourth-order valence-corrected chi connectivity index (χ4v) is 2.86. The van der Waals surface area contributed by atoms with E-state index in [-0.39, 0.29) is 36.1 Å². The maximum absolute atomic E-state index is 11.9. The highest BCUT2D eigenvalue weighted by atomic mass is 127. The Morgan fingerprint density at radius 2 is 2.00 bits per heavy atom. The lowest BCUT2D eigenvalue weighted by Crippen LogP contribution is -2.44. The molecular formula is C19H37IN4O3. The van der Waals surface area contributed by atoms with Crippen LogP contribution in [0.5, 0.6) is 0 Å². The minimum atomic E-state index is -0.472. The third-order valence-corrected chi connectivity index (χ3v) is 4.30. The van der Waals surface area contributed by atoms with Gasteiger partial charge in [-0.05, 0) is 59.3 Å². The van der Waals surface area contributed by atoms with E-state index in [0.717, 1.165) is 64.1 Å². The Balaban J connectivity index is 0.00000364. The Morgan fingerprint density at radius 1 is 1.26 bits per heavy atom. The Labute approximate surface area is 181 Å². The highest BCUT2D eigenvalue weighted by molar-refractivity contribution is 14.0. The lowest BCUT2D eigenvalue weighted by molar-refractivity contribution is 0.0507. The van der Waals surface area contributed by atoms with Crippen molar-refractivity contribution in [2.75, 3.05) is 39.4 Å². The van der Waals surface area contributed by atoms with Gasteiger partial charge in [-0.25, -0.2) is 4.79 Å². The summed E-state index contributed by atoms with van der Waals surface area (Å²) < 4.78 is 11.0. The molecule has 0 aromatic heterocycles. The van der Waals surface area contributed by atoms with Gasteiger partial charge in [0.15, 0.2) is 5.96 Å². The third-order valence-electron chi connectivity index (χ3n) is 4.30. The van der Waals surface area contributed by atoms with Gasteiger partial charge in [-0.2, -0.15) is 0 Å². The Bertz CT molecular complexity index is 478. The molecule has 1 aliphatic carbocycles. The Morgan fingerprint density at radius 3 is 2.63 bits per heavy atom. The minimum absolute atomic E-state index is 0. The van der Waals surface area contributed by atoms with Crippen LogP contribution in [0.15, 0.2) is 4.99 Å². The highest BCUT2D eigenvalue weighted by Crippen LogP contribution is 2.28. The molecule has 1 atom stereocenters. The molecule has 2 N–H and O–H groups in total. The number of likely N-dealkylation sites (tertiary alicyclic amines) is 1. The third kappa shape index (κ3) is 10.4. The van der Waals surface area contributed by atoms with Gasteiger partial charge in [0.1, 0.15) is 5.60 Å². The molecule has 8 heteroatoms. The molecule has 27 heavy (non-hydrogen) atoms. The van der Waals surface area contributed by atoms with Crippen LogP contribution in [0.2, 0.25) is 0 Å². The van der Waals surface area contributed by atoms with Crippen LogP contribution in [0.4, 0.5) is 4.79 Å². The van der Waals surface area contributed by atoms with Crippen molar-refractivity contribution >= 4 is 36.0 Å². The zero-order valence-corrected chi connectivity index (χ0v) is 19.6. The summed E-state index contributed by atoms with van der Waals surface area (Å²) in [5.41, 5.74) is -0.472. The molecule has 2 fully saturated rings. The molecule has 0 spiro atoms. The zero-order valence-electron chi connectivity index (χ0n) is 17.3. The summed E-state index contributed by atoms with van der Waals surface area (Å²) in [6.07, 6.45) is 4.15. The van der Waals surface area contributed by atoms with Crippen LogP contribution in [0.25, 0.3) is 0 Å². The van der Waals surface area contributed by atoms with Gasteiger partial charge in [0.2, 0.25) is 0 Å². The van der Waals surface area contributed by atoms with E-state index in [1.807, 2.05) is 20.8 Å². The van der Waals surface area contributed by atoms with Crippen LogP contribution in [-0.2, 0) is 9.47 Å². The highest BCUT2D eigenvalue weighted by Gasteiger charge is 2.27. The predicted molar refractivity (Wildman–Crippen MR) is 119 cm³/mol. The van der Waals surface area contributed by atoms with E-state index in [9.17, 15) is 4.79 Å². The van der Waals surface area contributed by atoms with Crippen LogP contribution >= 0.6 is 24.0 Å². The quantitative estimate of drug-likeness (QED) is 0.234. The standard InChI is InChI=1S/C19H36N4O3.HI/c1-5-20-17(21-10-6-12-25-14-15-7-8-15)23-11-9-16(13-23)22-18(24)26-19(2,3)4;/h15-16H,5-14H2,1-4H3,(H,20,21)(H,22,24);1H. The lowest BCUT2D eigenvalue weighted by Gasteiger charge is -2.23.